The molecule has 0 fully saturated rings. The van der Waals surface area contributed by atoms with Crippen molar-refractivity contribution in [2.75, 3.05) is 0 Å². The van der Waals surface area contributed by atoms with E-state index in [4.69, 9.17) is 0 Å². The van der Waals surface area contributed by atoms with Crippen LogP contribution in [0.4, 0.5) is 8.78 Å². The van der Waals surface area contributed by atoms with Gasteiger partial charge in [-0.15, -0.1) is 11.3 Å². The summed E-state index contributed by atoms with van der Waals surface area (Å²) in [4.78, 5) is 25.2. The lowest BCUT2D eigenvalue weighted by molar-refractivity contribution is 0.0189. The van der Waals surface area contributed by atoms with Crippen molar-refractivity contribution in [1.82, 2.24) is 0 Å². The van der Waals surface area contributed by atoms with Gasteiger partial charge in [0.2, 0.25) is 11.6 Å². The highest BCUT2D eigenvalue weighted by molar-refractivity contribution is 7.20. The highest BCUT2D eigenvalue weighted by Gasteiger charge is 2.58. The minimum absolute atomic E-state index is 0.153. The second-order valence-electron chi connectivity index (χ2n) is 5.48. The molecule has 0 unspecified atom stereocenters. The summed E-state index contributed by atoms with van der Waals surface area (Å²) >= 11 is 1.20. The fourth-order valence-electron chi connectivity index (χ4n) is 2.87. The Morgan fingerprint density at radius 2 is 1.04 bits per heavy atom. The van der Waals surface area contributed by atoms with Crippen LogP contribution in [0.1, 0.15) is 20.7 Å². The monoisotopic (exact) mass is 340 g/mol. The lowest BCUT2D eigenvalue weighted by Crippen LogP contribution is -2.30. The third kappa shape index (κ3) is 1.98. The topological polar surface area (TPSA) is 34.1 Å². The summed E-state index contributed by atoms with van der Waals surface area (Å²) in [5.74, 6) is -6.79. The first-order chi connectivity index (χ1) is 11.5. The summed E-state index contributed by atoms with van der Waals surface area (Å²) < 4.78 is 28.1. The second kappa shape index (κ2) is 5.18. The van der Waals surface area contributed by atoms with Crippen molar-refractivity contribution < 1.29 is 18.4 Å². The molecule has 0 radical (unpaired) electrons. The van der Waals surface area contributed by atoms with Crippen molar-refractivity contribution in [1.29, 1.82) is 0 Å². The van der Waals surface area contributed by atoms with E-state index in [0.717, 1.165) is 0 Å². The number of alkyl halides is 2. The molecule has 2 nitrogen and oxygen atoms in total. The first-order valence-electron chi connectivity index (χ1n) is 7.27. The number of Topliss-reactive ketones (excluding diaryl/α,β-unsaturated/α-hetero) is 2. The Hall–Kier alpha value is -2.66. The third-order valence-corrected chi connectivity index (χ3v) is 5.29. The molecule has 0 N–H and O–H groups in total. The molecule has 24 heavy (non-hydrogen) atoms. The van der Waals surface area contributed by atoms with E-state index in [1.165, 1.54) is 11.3 Å². The van der Waals surface area contributed by atoms with E-state index in [9.17, 15) is 18.4 Å². The number of benzene rings is 2. The van der Waals surface area contributed by atoms with Crippen LogP contribution in [0.3, 0.4) is 0 Å². The van der Waals surface area contributed by atoms with E-state index >= 15 is 0 Å². The van der Waals surface area contributed by atoms with Gasteiger partial charge in [-0.05, 0) is 11.1 Å². The van der Waals surface area contributed by atoms with Crippen LogP contribution >= 0.6 is 11.3 Å². The van der Waals surface area contributed by atoms with Gasteiger partial charge in [0.15, 0.2) is 0 Å². The van der Waals surface area contributed by atoms with Gasteiger partial charge < -0.3 is 0 Å². The highest BCUT2D eigenvalue weighted by Crippen LogP contribution is 2.49. The predicted octanol–water partition coefficient (Wildman–Crippen LogP) is 5.10. The molecular weight excluding hydrogens is 330 g/mol. The summed E-state index contributed by atoms with van der Waals surface area (Å²) in [7, 11) is 0. The molecule has 2 aromatic carbocycles. The Bertz CT molecular complexity index is 884. The molecular formula is C19H10F2O2S. The van der Waals surface area contributed by atoms with Gasteiger partial charge >= 0.3 is 5.92 Å². The van der Waals surface area contributed by atoms with Crippen molar-refractivity contribution in [3.63, 3.8) is 0 Å². The first kappa shape index (κ1) is 14.9. The Morgan fingerprint density at radius 3 is 1.42 bits per heavy atom. The molecule has 1 aliphatic carbocycles. The van der Waals surface area contributed by atoms with E-state index in [1.807, 2.05) is 0 Å². The lowest BCUT2D eigenvalue weighted by atomic mass is 10.0. The Labute approximate surface area is 140 Å². The number of hydrogen-bond acceptors (Lipinski definition) is 3. The molecule has 1 heterocycles. The normalized spacial score (nSPS) is 15.6. The highest BCUT2D eigenvalue weighted by atomic mass is 32.1. The number of rotatable bonds is 2. The number of hydrogen-bond donors (Lipinski definition) is 0. The molecule has 3 aromatic rings. The molecule has 0 saturated carbocycles. The van der Waals surface area contributed by atoms with Crippen molar-refractivity contribution >= 4 is 22.9 Å². The number of fused-ring (bicyclic) bond motifs is 1. The number of carbonyl (C=O) groups is 2. The number of carbonyl (C=O) groups excluding carboxylic acids is 2. The summed E-state index contributed by atoms with van der Waals surface area (Å²) in [6, 6.07) is 17.7. The van der Waals surface area contributed by atoms with Crippen molar-refractivity contribution in [3.05, 3.63) is 71.8 Å². The van der Waals surface area contributed by atoms with Crippen LogP contribution in [-0.2, 0) is 0 Å². The van der Waals surface area contributed by atoms with Crippen LogP contribution in [0.15, 0.2) is 60.7 Å². The zero-order valence-electron chi connectivity index (χ0n) is 12.3. The molecule has 0 atom stereocenters. The number of halogens is 2. The van der Waals surface area contributed by atoms with Gasteiger partial charge in [0.1, 0.15) is 0 Å². The van der Waals surface area contributed by atoms with Crippen LogP contribution in [-0.4, -0.2) is 17.5 Å². The van der Waals surface area contributed by atoms with Gasteiger partial charge in [0.25, 0.3) is 0 Å². The quantitative estimate of drug-likeness (QED) is 0.609. The van der Waals surface area contributed by atoms with E-state index in [0.29, 0.717) is 20.9 Å². The maximum atomic E-state index is 14.1. The molecule has 118 valence electrons. The minimum atomic E-state index is -3.98. The van der Waals surface area contributed by atoms with Gasteiger partial charge in [0, 0.05) is 9.75 Å². The SMILES string of the molecule is O=C1c2c(-c3ccccc3)sc(-c3ccccc3)c2C(=O)C1(F)F. The van der Waals surface area contributed by atoms with Gasteiger partial charge in [-0.1, -0.05) is 60.7 Å². The molecule has 0 spiro atoms. The van der Waals surface area contributed by atoms with Gasteiger partial charge in [0.05, 0.1) is 11.1 Å². The second-order valence-corrected chi connectivity index (χ2v) is 6.50. The maximum absolute atomic E-state index is 14.1. The van der Waals surface area contributed by atoms with E-state index in [1.54, 1.807) is 60.7 Å². The molecule has 1 aromatic heterocycles. The van der Waals surface area contributed by atoms with Crippen molar-refractivity contribution in [2.45, 2.75) is 5.92 Å². The predicted molar refractivity (Wildman–Crippen MR) is 88.8 cm³/mol. The molecule has 0 bridgehead atoms. The fraction of sp³-hybridized carbons (Fsp3) is 0.0526. The van der Waals surface area contributed by atoms with Crippen LogP contribution in [0.5, 0.6) is 0 Å². The largest absolute Gasteiger partial charge is 0.371 e. The fourth-order valence-corrected chi connectivity index (χ4v) is 4.17. The van der Waals surface area contributed by atoms with Gasteiger partial charge in [-0.2, -0.15) is 8.78 Å². The third-order valence-electron chi connectivity index (χ3n) is 4.00. The minimum Gasteiger partial charge on any atom is -0.287 e. The van der Waals surface area contributed by atoms with E-state index in [2.05, 4.69) is 0 Å². The summed E-state index contributed by atoms with van der Waals surface area (Å²) in [6.07, 6.45) is 0. The Balaban J connectivity index is 2.05. The number of thiophene rings is 1. The van der Waals surface area contributed by atoms with E-state index in [-0.39, 0.29) is 11.1 Å². The summed E-state index contributed by atoms with van der Waals surface area (Å²) in [5, 5.41) is 0. The molecule has 1 aliphatic rings. The molecule has 0 amide bonds. The number of ketones is 2. The van der Waals surface area contributed by atoms with Crippen molar-refractivity contribution in [2.24, 2.45) is 0 Å². The van der Waals surface area contributed by atoms with Gasteiger partial charge in [-0.3, -0.25) is 9.59 Å². The van der Waals surface area contributed by atoms with Crippen LogP contribution < -0.4 is 0 Å². The zero-order chi connectivity index (χ0) is 16.9. The molecule has 5 heteroatoms. The van der Waals surface area contributed by atoms with Crippen LogP contribution in [0, 0.1) is 0 Å². The van der Waals surface area contributed by atoms with Gasteiger partial charge in [-0.25, -0.2) is 0 Å². The van der Waals surface area contributed by atoms with Crippen LogP contribution in [0.2, 0.25) is 0 Å². The maximum Gasteiger partial charge on any atom is 0.371 e. The summed E-state index contributed by atoms with van der Waals surface area (Å²) in [6.45, 7) is 0. The molecule has 0 saturated heterocycles. The zero-order valence-corrected chi connectivity index (χ0v) is 13.1. The Kier molecular flexibility index (Phi) is 3.21. The standard InChI is InChI=1S/C19H10F2O2S/c20-19(21)17(22)13-14(18(19)23)16(12-9-5-2-6-10-12)24-15(13)11-7-3-1-4-8-11/h1-10H. The van der Waals surface area contributed by atoms with Crippen LogP contribution in [0.25, 0.3) is 20.9 Å². The lowest BCUT2D eigenvalue weighted by Gasteiger charge is -2.06. The smallest absolute Gasteiger partial charge is 0.287 e. The first-order valence-corrected chi connectivity index (χ1v) is 8.08. The van der Waals surface area contributed by atoms with Crippen molar-refractivity contribution in [3.8, 4) is 20.9 Å². The molecule has 4 rings (SSSR count). The average molecular weight is 340 g/mol. The van der Waals surface area contributed by atoms with E-state index < -0.39 is 17.5 Å². The Morgan fingerprint density at radius 1 is 0.667 bits per heavy atom. The average Bonchev–Trinajstić information content (AvgIpc) is 3.08. The molecule has 0 aliphatic heterocycles. The summed E-state index contributed by atoms with van der Waals surface area (Å²) in [5.41, 5.74) is 1.000.